The van der Waals surface area contributed by atoms with Gasteiger partial charge in [0.15, 0.2) is 0 Å². The Balaban J connectivity index is 1.93. The maximum Gasteiger partial charge on any atom is 0.264 e. The van der Waals surface area contributed by atoms with Crippen molar-refractivity contribution in [1.82, 2.24) is 5.32 Å². The molecular weight excluding hydrogens is 450 g/mol. The van der Waals surface area contributed by atoms with Crippen LogP contribution in [-0.4, -0.2) is 32.3 Å². The van der Waals surface area contributed by atoms with Crippen LogP contribution in [0.2, 0.25) is 0 Å². The Kier molecular flexibility index (Phi) is 7.41. The second kappa shape index (κ2) is 10.1. The molecule has 0 aliphatic rings. The number of carbonyl (C=O) groups excluding carboxylic acids is 2. The summed E-state index contributed by atoms with van der Waals surface area (Å²) in [6.07, 6.45) is 0. The summed E-state index contributed by atoms with van der Waals surface area (Å²) in [6, 6.07) is 21.6. The van der Waals surface area contributed by atoms with Crippen LogP contribution in [0, 0.1) is 6.92 Å². The van der Waals surface area contributed by atoms with Gasteiger partial charge >= 0.3 is 0 Å². The fraction of sp³-hybridized carbons (Fsp3) is 0.231. The van der Waals surface area contributed by atoms with E-state index in [2.05, 4.69) is 10.6 Å². The Labute approximate surface area is 200 Å². The summed E-state index contributed by atoms with van der Waals surface area (Å²) in [4.78, 5) is 25.9. The maximum absolute atomic E-state index is 13.5. The van der Waals surface area contributed by atoms with E-state index in [1.807, 2.05) is 20.8 Å². The fourth-order valence-electron chi connectivity index (χ4n) is 3.38. The third-order valence-corrected chi connectivity index (χ3v) is 6.71. The first-order chi connectivity index (χ1) is 16.0. The van der Waals surface area contributed by atoms with Crippen molar-refractivity contribution in [3.8, 4) is 0 Å². The third kappa shape index (κ3) is 6.02. The first kappa shape index (κ1) is 25.0. The van der Waals surface area contributed by atoms with Gasteiger partial charge in [0.2, 0.25) is 5.91 Å². The molecule has 34 heavy (non-hydrogen) atoms. The van der Waals surface area contributed by atoms with Crippen LogP contribution >= 0.6 is 0 Å². The molecule has 0 spiro atoms. The van der Waals surface area contributed by atoms with E-state index < -0.39 is 28.0 Å². The fourth-order valence-corrected chi connectivity index (χ4v) is 4.89. The summed E-state index contributed by atoms with van der Waals surface area (Å²) < 4.78 is 28.1. The number of anilines is 2. The molecule has 8 heteroatoms. The molecule has 0 heterocycles. The lowest BCUT2D eigenvalue weighted by atomic mass is 10.1. The highest BCUT2D eigenvalue weighted by atomic mass is 32.2. The predicted octanol–water partition coefficient (Wildman–Crippen LogP) is 4.36. The summed E-state index contributed by atoms with van der Waals surface area (Å²) >= 11 is 0. The molecule has 0 saturated heterocycles. The minimum absolute atomic E-state index is 0.0796. The van der Waals surface area contributed by atoms with Gasteiger partial charge in [0.1, 0.15) is 6.54 Å². The largest absolute Gasteiger partial charge is 0.347 e. The summed E-state index contributed by atoms with van der Waals surface area (Å²) in [5.74, 6) is -0.908. The molecule has 3 aromatic rings. The number of hydrogen-bond donors (Lipinski definition) is 2. The lowest BCUT2D eigenvalue weighted by molar-refractivity contribution is -0.114. The first-order valence-electron chi connectivity index (χ1n) is 10.8. The SMILES string of the molecule is Cc1ccccc1N(CC(=O)Nc1ccccc1C(=O)NC(C)(C)C)S(=O)(=O)c1ccccc1. The van der Waals surface area contributed by atoms with Gasteiger partial charge in [0, 0.05) is 5.54 Å². The average molecular weight is 480 g/mol. The van der Waals surface area contributed by atoms with Crippen LogP contribution in [0.4, 0.5) is 11.4 Å². The number of para-hydroxylation sites is 2. The van der Waals surface area contributed by atoms with E-state index in [4.69, 9.17) is 0 Å². The van der Waals surface area contributed by atoms with Gasteiger partial charge in [-0.3, -0.25) is 13.9 Å². The summed E-state index contributed by atoms with van der Waals surface area (Å²) in [6.45, 7) is 6.91. The smallest absolute Gasteiger partial charge is 0.264 e. The van der Waals surface area contributed by atoms with Crippen LogP contribution in [-0.2, 0) is 14.8 Å². The molecule has 3 aromatic carbocycles. The number of nitrogens with one attached hydrogen (secondary N) is 2. The van der Waals surface area contributed by atoms with Crippen LogP contribution in [0.1, 0.15) is 36.7 Å². The molecular formula is C26H29N3O4S. The molecule has 0 saturated carbocycles. The Morgan fingerprint density at radius 2 is 1.44 bits per heavy atom. The molecule has 7 nitrogen and oxygen atoms in total. The van der Waals surface area contributed by atoms with Gasteiger partial charge < -0.3 is 10.6 Å². The van der Waals surface area contributed by atoms with Gasteiger partial charge in [-0.25, -0.2) is 8.42 Å². The van der Waals surface area contributed by atoms with Crippen molar-refractivity contribution in [2.24, 2.45) is 0 Å². The van der Waals surface area contributed by atoms with Gasteiger partial charge in [0.25, 0.3) is 15.9 Å². The number of benzene rings is 3. The third-order valence-electron chi connectivity index (χ3n) is 4.94. The van der Waals surface area contributed by atoms with Crippen LogP contribution in [0.25, 0.3) is 0 Å². The monoisotopic (exact) mass is 479 g/mol. The topological polar surface area (TPSA) is 95.6 Å². The maximum atomic E-state index is 13.5. The van der Waals surface area contributed by atoms with E-state index >= 15 is 0 Å². The van der Waals surface area contributed by atoms with Crippen molar-refractivity contribution in [1.29, 1.82) is 0 Å². The van der Waals surface area contributed by atoms with Gasteiger partial charge in [-0.05, 0) is 63.6 Å². The summed E-state index contributed by atoms with van der Waals surface area (Å²) in [5, 5.41) is 5.59. The molecule has 178 valence electrons. The second-order valence-electron chi connectivity index (χ2n) is 8.91. The number of amides is 2. The van der Waals surface area contributed by atoms with Crippen molar-refractivity contribution in [2.45, 2.75) is 38.1 Å². The normalized spacial score (nSPS) is 11.5. The van der Waals surface area contributed by atoms with E-state index in [9.17, 15) is 18.0 Å². The number of rotatable bonds is 7. The molecule has 0 fully saturated rings. The highest BCUT2D eigenvalue weighted by Gasteiger charge is 2.28. The number of aryl methyl sites for hydroxylation is 1. The molecule has 0 bridgehead atoms. The molecule has 0 aliphatic carbocycles. The molecule has 0 unspecified atom stereocenters. The zero-order chi connectivity index (χ0) is 24.9. The number of hydrogen-bond acceptors (Lipinski definition) is 4. The van der Waals surface area contributed by atoms with Crippen molar-refractivity contribution >= 4 is 33.2 Å². The van der Waals surface area contributed by atoms with Gasteiger partial charge in [-0.15, -0.1) is 0 Å². The van der Waals surface area contributed by atoms with Crippen molar-refractivity contribution in [3.05, 3.63) is 90.0 Å². The van der Waals surface area contributed by atoms with E-state index in [1.54, 1.807) is 73.7 Å². The van der Waals surface area contributed by atoms with Gasteiger partial charge in [-0.1, -0.05) is 48.5 Å². The molecule has 0 aromatic heterocycles. The van der Waals surface area contributed by atoms with Crippen LogP contribution in [0.3, 0.4) is 0 Å². The molecule has 3 rings (SSSR count). The van der Waals surface area contributed by atoms with Crippen molar-refractivity contribution < 1.29 is 18.0 Å². The lowest BCUT2D eigenvalue weighted by Crippen LogP contribution is -2.41. The Morgan fingerprint density at radius 3 is 2.09 bits per heavy atom. The molecule has 0 aliphatic heterocycles. The summed E-state index contributed by atoms with van der Waals surface area (Å²) in [7, 11) is -4.02. The minimum atomic E-state index is -4.02. The quantitative estimate of drug-likeness (QED) is 0.526. The van der Waals surface area contributed by atoms with Crippen molar-refractivity contribution in [2.75, 3.05) is 16.2 Å². The van der Waals surface area contributed by atoms with E-state index in [0.29, 0.717) is 22.5 Å². The number of carbonyl (C=O) groups is 2. The van der Waals surface area contributed by atoms with Crippen LogP contribution in [0.5, 0.6) is 0 Å². The van der Waals surface area contributed by atoms with Gasteiger partial charge in [-0.2, -0.15) is 0 Å². The first-order valence-corrected chi connectivity index (χ1v) is 12.3. The average Bonchev–Trinajstić information content (AvgIpc) is 2.78. The van der Waals surface area contributed by atoms with Crippen LogP contribution in [0.15, 0.2) is 83.8 Å². The van der Waals surface area contributed by atoms with Gasteiger partial charge in [0.05, 0.1) is 21.8 Å². The van der Waals surface area contributed by atoms with E-state index in [1.165, 1.54) is 12.1 Å². The van der Waals surface area contributed by atoms with E-state index in [0.717, 1.165) is 4.31 Å². The van der Waals surface area contributed by atoms with E-state index in [-0.39, 0.29) is 10.8 Å². The minimum Gasteiger partial charge on any atom is -0.347 e. The molecule has 0 atom stereocenters. The summed E-state index contributed by atoms with van der Waals surface area (Å²) in [5.41, 5.74) is 1.25. The standard InChI is InChI=1S/C26H29N3O4S/c1-19-12-8-11-17-23(19)29(34(32,33)20-13-6-5-7-14-20)18-24(30)27-22-16-10-9-15-21(22)25(31)28-26(2,3)4/h5-17H,18H2,1-4H3,(H,27,30)(H,28,31). The van der Waals surface area contributed by atoms with Crippen LogP contribution < -0.4 is 14.9 Å². The molecule has 2 N–H and O–H groups in total. The Hall–Kier alpha value is -3.65. The Morgan fingerprint density at radius 1 is 0.853 bits per heavy atom. The lowest BCUT2D eigenvalue weighted by Gasteiger charge is -2.26. The molecule has 2 amide bonds. The zero-order valence-corrected chi connectivity index (χ0v) is 20.5. The highest BCUT2D eigenvalue weighted by molar-refractivity contribution is 7.92. The highest BCUT2D eigenvalue weighted by Crippen LogP contribution is 2.27. The number of sulfonamides is 1. The van der Waals surface area contributed by atoms with Crippen molar-refractivity contribution in [3.63, 3.8) is 0 Å². The molecule has 0 radical (unpaired) electrons. The zero-order valence-electron chi connectivity index (χ0n) is 19.7. The predicted molar refractivity (Wildman–Crippen MR) is 134 cm³/mol. The Bertz CT molecular complexity index is 1280. The second-order valence-corrected chi connectivity index (χ2v) is 10.8. The number of nitrogens with zero attached hydrogens (tertiary/aromatic N) is 1.